The van der Waals surface area contributed by atoms with Crippen LogP contribution in [0.2, 0.25) is 0 Å². The number of hydrogen-bond donors (Lipinski definition) is 0. The van der Waals surface area contributed by atoms with Crippen LogP contribution in [0.5, 0.6) is 5.75 Å². The van der Waals surface area contributed by atoms with E-state index in [1.165, 1.54) is 38.5 Å². The van der Waals surface area contributed by atoms with Gasteiger partial charge in [0, 0.05) is 6.42 Å². The first kappa shape index (κ1) is 27.6. The number of unbranched alkanes of at least 4 members (excludes halogenated alkanes) is 7. The lowest BCUT2D eigenvalue weighted by molar-refractivity contribution is -0.134. The van der Waals surface area contributed by atoms with Gasteiger partial charge in [-0.25, -0.2) is 4.79 Å². The molecule has 0 saturated carbocycles. The molecule has 186 valence electrons. The lowest BCUT2D eigenvalue weighted by atomic mass is 10.0. The largest absolute Gasteiger partial charge is 0.462 e. The summed E-state index contributed by atoms with van der Waals surface area (Å²) in [5.74, 6) is 0.667. The fraction of sp³-hybridized carbons (Fsp3) is 0.533. The Labute approximate surface area is 206 Å². The number of carbonyl (C=O) groups is 2. The van der Waals surface area contributed by atoms with Gasteiger partial charge in [0.25, 0.3) is 0 Å². The zero-order valence-electron chi connectivity index (χ0n) is 21.3. The van der Waals surface area contributed by atoms with Crippen LogP contribution in [0.25, 0.3) is 11.1 Å². The molecule has 34 heavy (non-hydrogen) atoms. The summed E-state index contributed by atoms with van der Waals surface area (Å²) in [6, 6.07) is 14.9. The Balaban J connectivity index is 1.73. The van der Waals surface area contributed by atoms with E-state index in [-0.39, 0.29) is 11.9 Å². The van der Waals surface area contributed by atoms with Crippen molar-refractivity contribution in [1.29, 1.82) is 0 Å². The Bertz CT molecular complexity index is 839. The molecule has 0 N–H and O–H groups in total. The number of ether oxygens (including phenoxy) is 2. The molecule has 0 aliphatic carbocycles. The third-order valence-electron chi connectivity index (χ3n) is 6.32. The van der Waals surface area contributed by atoms with Gasteiger partial charge in [-0.2, -0.15) is 0 Å². The fourth-order valence-corrected chi connectivity index (χ4v) is 3.74. The predicted molar refractivity (Wildman–Crippen MR) is 139 cm³/mol. The molecule has 4 nitrogen and oxygen atoms in total. The molecular formula is C30H42O4. The molecule has 0 aromatic heterocycles. The maximum Gasteiger partial charge on any atom is 0.338 e. The van der Waals surface area contributed by atoms with Gasteiger partial charge < -0.3 is 9.47 Å². The number of hydrogen-bond acceptors (Lipinski definition) is 4. The van der Waals surface area contributed by atoms with Gasteiger partial charge in [-0.3, -0.25) is 4.79 Å². The zero-order valence-corrected chi connectivity index (χ0v) is 21.3. The van der Waals surface area contributed by atoms with E-state index in [2.05, 4.69) is 20.8 Å². The van der Waals surface area contributed by atoms with E-state index >= 15 is 0 Å². The molecule has 1 atom stereocenters. The number of rotatable bonds is 16. The quantitative estimate of drug-likeness (QED) is 0.142. The van der Waals surface area contributed by atoms with Crippen LogP contribution in [-0.2, 0) is 9.53 Å². The summed E-state index contributed by atoms with van der Waals surface area (Å²) in [4.78, 5) is 24.3. The first-order valence-corrected chi connectivity index (χ1v) is 13.1. The molecule has 0 fully saturated rings. The standard InChI is InChI=1S/C30H42O4/c1-4-6-7-8-9-10-11-12-13-29(31)34-28-20-18-26(19-21-28)25-14-16-27(17-15-25)30(32)33-23-22-24(3)5-2/h14-21,24H,4-13,22-23H2,1-3H3. The predicted octanol–water partition coefficient (Wildman–Crippen LogP) is 8.38. The van der Waals surface area contributed by atoms with Crippen LogP contribution >= 0.6 is 0 Å². The van der Waals surface area contributed by atoms with Crippen molar-refractivity contribution < 1.29 is 19.1 Å². The van der Waals surface area contributed by atoms with E-state index in [0.717, 1.165) is 36.8 Å². The Kier molecular flexibility index (Phi) is 13.1. The molecule has 0 amide bonds. The summed E-state index contributed by atoms with van der Waals surface area (Å²) in [5.41, 5.74) is 2.55. The van der Waals surface area contributed by atoms with Crippen LogP contribution in [0.1, 0.15) is 102 Å². The highest BCUT2D eigenvalue weighted by molar-refractivity contribution is 5.90. The normalized spacial score (nSPS) is 11.7. The maximum atomic E-state index is 12.2. The Morgan fingerprint density at radius 3 is 1.91 bits per heavy atom. The van der Waals surface area contributed by atoms with Crippen LogP contribution in [0.15, 0.2) is 48.5 Å². The van der Waals surface area contributed by atoms with Crippen LogP contribution in [-0.4, -0.2) is 18.5 Å². The van der Waals surface area contributed by atoms with Gasteiger partial charge >= 0.3 is 11.9 Å². The van der Waals surface area contributed by atoms with Crippen LogP contribution in [0.4, 0.5) is 0 Å². The van der Waals surface area contributed by atoms with E-state index in [9.17, 15) is 9.59 Å². The third-order valence-corrected chi connectivity index (χ3v) is 6.32. The van der Waals surface area contributed by atoms with Crippen LogP contribution in [0, 0.1) is 5.92 Å². The highest BCUT2D eigenvalue weighted by Gasteiger charge is 2.09. The Morgan fingerprint density at radius 1 is 0.765 bits per heavy atom. The Hall–Kier alpha value is -2.62. The van der Waals surface area contributed by atoms with Gasteiger partial charge in [-0.15, -0.1) is 0 Å². The van der Waals surface area contributed by atoms with Crippen molar-refractivity contribution in [3.63, 3.8) is 0 Å². The molecule has 2 rings (SSSR count). The van der Waals surface area contributed by atoms with Crippen molar-refractivity contribution in [2.75, 3.05) is 6.61 Å². The minimum absolute atomic E-state index is 0.171. The summed E-state index contributed by atoms with van der Waals surface area (Å²) in [5, 5.41) is 0. The molecule has 0 bridgehead atoms. The Morgan fingerprint density at radius 2 is 1.32 bits per heavy atom. The lowest BCUT2D eigenvalue weighted by Gasteiger charge is -2.09. The van der Waals surface area contributed by atoms with Gasteiger partial charge in [-0.05, 0) is 54.2 Å². The highest BCUT2D eigenvalue weighted by Crippen LogP contribution is 2.23. The smallest absolute Gasteiger partial charge is 0.338 e. The minimum atomic E-state index is -0.284. The SMILES string of the molecule is CCCCCCCCCCC(=O)Oc1ccc(-c2ccc(C(=O)OCCC(C)CC)cc2)cc1. The minimum Gasteiger partial charge on any atom is -0.462 e. The van der Waals surface area contributed by atoms with Gasteiger partial charge in [0.15, 0.2) is 0 Å². The van der Waals surface area contributed by atoms with Crippen molar-refractivity contribution in [1.82, 2.24) is 0 Å². The molecule has 0 heterocycles. The second-order valence-corrected chi connectivity index (χ2v) is 9.24. The number of carbonyl (C=O) groups excluding carboxylic acids is 2. The summed E-state index contributed by atoms with van der Waals surface area (Å²) < 4.78 is 10.9. The zero-order chi connectivity index (χ0) is 24.6. The van der Waals surface area contributed by atoms with Crippen molar-refractivity contribution >= 4 is 11.9 Å². The number of benzene rings is 2. The molecule has 2 aromatic carbocycles. The van der Waals surface area contributed by atoms with E-state index in [1.807, 2.05) is 36.4 Å². The first-order valence-electron chi connectivity index (χ1n) is 13.1. The van der Waals surface area contributed by atoms with Crippen molar-refractivity contribution in [2.45, 2.75) is 91.4 Å². The second-order valence-electron chi connectivity index (χ2n) is 9.24. The van der Waals surface area contributed by atoms with Gasteiger partial charge in [-0.1, -0.05) is 96.4 Å². The highest BCUT2D eigenvalue weighted by atomic mass is 16.5. The molecule has 1 unspecified atom stereocenters. The van der Waals surface area contributed by atoms with E-state index in [0.29, 0.717) is 30.3 Å². The third kappa shape index (κ3) is 10.5. The average molecular weight is 467 g/mol. The first-order chi connectivity index (χ1) is 16.5. The summed E-state index contributed by atoms with van der Waals surface area (Å²) >= 11 is 0. The average Bonchev–Trinajstić information content (AvgIpc) is 2.86. The molecule has 0 aliphatic heterocycles. The molecule has 4 heteroatoms. The van der Waals surface area contributed by atoms with Gasteiger partial charge in [0.2, 0.25) is 0 Å². The topological polar surface area (TPSA) is 52.6 Å². The molecule has 0 radical (unpaired) electrons. The molecule has 0 saturated heterocycles. The van der Waals surface area contributed by atoms with Crippen molar-refractivity contribution in [3.8, 4) is 16.9 Å². The second kappa shape index (κ2) is 16.1. The summed E-state index contributed by atoms with van der Waals surface area (Å²) in [7, 11) is 0. The van der Waals surface area contributed by atoms with E-state index in [1.54, 1.807) is 12.1 Å². The van der Waals surface area contributed by atoms with E-state index < -0.39 is 0 Å². The van der Waals surface area contributed by atoms with Crippen molar-refractivity contribution in [2.24, 2.45) is 5.92 Å². The molecular weight excluding hydrogens is 424 g/mol. The lowest BCUT2D eigenvalue weighted by Crippen LogP contribution is -2.08. The van der Waals surface area contributed by atoms with Crippen LogP contribution < -0.4 is 4.74 Å². The van der Waals surface area contributed by atoms with E-state index in [4.69, 9.17) is 9.47 Å². The monoisotopic (exact) mass is 466 g/mol. The van der Waals surface area contributed by atoms with Crippen LogP contribution in [0.3, 0.4) is 0 Å². The van der Waals surface area contributed by atoms with Gasteiger partial charge in [0.05, 0.1) is 12.2 Å². The fourth-order valence-electron chi connectivity index (χ4n) is 3.74. The number of esters is 2. The molecule has 0 aliphatic rings. The maximum absolute atomic E-state index is 12.2. The van der Waals surface area contributed by atoms with Crippen molar-refractivity contribution in [3.05, 3.63) is 54.1 Å². The summed E-state index contributed by atoms with van der Waals surface area (Å²) in [6.45, 7) is 6.98. The van der Waals surface area contributed by atoms with Gasteiger partial charge in [0.1, 0.15) is 5.75 Å². The molecule has 0 spiro atoms. The molecule has 2 aromatic rings. The summed E-state index contributed by atoms with van der Waals surface area (Å²) in [6.07, 6.45) is 12.1.